The zero-order chi connectivity index (χ0) is 16.7. The summed E-state index contributed by atoms with van der Waals surface area (Å²) >= 11 is 0. The average molecular weight is 339 g/mol. The molecule has 0 unspecified atom stereocenters. The number of nitrogens with one attached hydrogen (secondary N) is 2. The topological polar surface area (TPSA) is 79.8 Å². The maximum atomic E-state index is 11.4. The molecule has 7 heteroatoms. The van der Waals surface area contributed by atoms with Gasteiger partial charge < -0.3 is 15.4 Å². The van der Waals surface area contributed by atoms with Crippen molar-refractivity contribution < 1.29 is 13.2 Å². The van der Waals surface area contributed by atoms with E-state index >= 15 is 0 Å². The SMILES string of the molecule is CN=C(NCCOc1ccc(S(C)(=O)=O)cc1)NC1CCCC1. The molecule has 0 saturated heterocycles. The number of ether oxygens (including phenoxy) is 1. The van der Waals surface area contributed by atoms with E-state index in [0.29, 0.717) is 29.8 Å². The van der Waals surface area contributed by atoms with Crippen molar-refractivity contribution in [3.8, 4) is 5.75 Å². The Bertz CT molecular complexity index is 620. The molecule has 1 aromatic carbocycles. The third-order valence-electron chi connectivity index (χ3n) is 3.83. The fourth-order valence-electron chi connectivity index (χ4n) is 2.58. The lowest BCUT2D eigenvalue weighted by atomic mass is 10.2. The summed E-state index contributed by atoms with van der Waals surface area (Å²) in [6, 6.07) is 6.96. The van der Waals surface area contributed by atoms with E-state index in [9.17, 15) is 8.42 Å². The van der Waals surface area contributed by atoms with Crippen LogP contribution in [0.25, 0.3) is 0 Å². The molecule has 1 saturated carbocycles. The Kier molecular flexibility index (Phi) is 6.27. The van der Waals surface area contributed by atoms with Crippen LogP contribution < -0.4 is 15.4 Å². The molecule has 1 aromatic rings. The number of hydrogen-bond acceptors (Lipinski definition) is 4. The van der Waals surface area contributed by atoms with E-state index in [2.05, 4.69) is 15.6 Å². The van der Waals surface area contributed by atoms with Crippen LogP contribution in [0.2, 0.25) is 0 Å². The van der Waals surface area contributed by atoms with Gasteiger partial charge >= 0.3 is 0 Å². The molecule has 23 heavy (non-hydrogen) atoms. The summed E-state index contributed by atoms with van der Waals surface area (Å²) in [5.41, 5.74) is 0. The molecule has 0 bridgehead atoms. The number of rotatable bonds is 6. The van der Waals surface area contributed by atoms with Gasteiger partial charge in [0, 0.05) is 19.3 Å². The molecule has 0 aliphatic heterocycles. The summed E-state index contributed by atoms with van der Waals surface area (Å²) in [6.07, 6.45) is 6.14. The second-order valence-electron chi connectivity index (χ2n) is 5.72. The first-order valence-electron chi connectivity index (χ1n) is 7.89. The third kappa shape index (κ3) is 5.74. The molecule has 0 radical (unpaired) electrons. The molecule has 1 aliphatic carbocycles. The van der Waals surface area contributed by atoms with Gasteiger partial charge in [-0.3, -0.25) is 4.99 Å². The Morgan fingerprint density at radius 2 is 1.91 bits per heavy atom. The summed E-state index contributed by atoms with van der Waals surface area (Å²) in [4.78, 5) is 4.50. The maximum Gasteiger partial charge on any atom is 0.191 e. The van der Waals surface area contributed by atoms with Crippen molar-refractivity contribution in [3.63, 3.8) is 0 Å². The second kappa shape index (κ2) is 8.19. The lowest BCUT2D eigenvalue weighted by molar-refractivity contribution is 0.321. The van der Waals surface area contributed by atoms with Crippen molar-refractivity contribution in [1.82, 2.24) is 10.6 Å². The van der Waals surface area contributed by atoms with E-state index in [1.54, 1.807) is 31.3 Å². The molecule has 128 valence electrons. The van der Waals surface area contributed by atoms with Crippen molar-refractivity contribution in [2.24, 2.45) is 4.99 Å². The number of aliphatic imine (C=N–C) groups is 1. The standard InChI is InChI=1S/C16H25N3O3S/c1-17-16(19-13-5-3-4-6-13)18-11-12-22-14-7-9-15(10-8-14)23(2,20)21/h7-10,13H,3-6,11-12H2,1-2H3,(H2,17,18,19). The second-order valence-corrected chi connectivity index (χ2v) is 7.73. The van der Waals surface area contributed by atoms with E-state index in [4.69, 9.17) is 4.74 Å². The van der Waals surface area contributed by atoms with Crippen LogP contribution >= 0.6 is 0 Å². The summed E-state index contributed by atoms with van der Waals surface area (Å²) in [7, 11) is -1.40. The van der Waals surface area contributed by atoms with Crippen LogP contribution in [0.5, 0.6) is 5.75 Å². The average Bonchev–Trinajstić information content (AvgIpc) is 3.03. The number of guanidine groups is 1. The van der Waals surface area contributed by atoms with Crippen LogP contribution in [-0.4, -0.2) is 46.9 Å². The molecular weight excluding hydrogens is 314 g/mol. The van der Waals surface area contributed by atoms with Crippen LogP contribution in [0.3, 0.4) is 0 Å². The Hall–Kier alpha value is -1.76. The zero-order valence-corrected chi connectivity index (χ0v) is 14.5. The molecular formula is C16H25N3O3S. The Morgan fingerprint density at radius 1 is 1.26 bits per heavy atom. The Balaban J connectivity index is 1.72. The van der Waals surface area contributed by atoms with Gasteiger partial charge in [-0.15, -0.1) is 0 Å². The van der Waals surface area contributed by atoms with Crippen molar-refractivity contribution in [2.75, 3.05) is 26.5 Å². The molecule has 6 nitrogen and oxygen atoms in total. The fraction of sp³-hybridized carbons (Fsp3) is 0.562. The van der Waals surface area contributed by atoms with E-state index in [1.807, 2.05) is 0 Å². The summed E-state index contributed by atoms with van der Waals surface area (Å²) in [5, 5.41) is 6.63. The largest absolute Gasteiger partial charge is 0.492 e. The predicted molar refractivity (Wildman–Crippen MR) is 91.8 cm³/mol. The van der Waals surface area contributed by atoms with Crippen LogP contribution in [0.15, 0.2) is 34.2 Å². The molecule has 0 spiro atoms. The summed E-state index contributed by atoms with van der Waals surface area (Å²) in [5.74, 6) is 1.45. The quantitative estimate of drug-likeness (QED) is 0.467. The molecule has 2 N–H and O–H groups in total. The van der Waals surface area contributed by atoms with E-state index in [1.165, 1.54) is 31.9 Å². The van der Waals surface area contributed by atoms with Gasteiger partial charge in [-0.2, -0.15) is 0 Å². The third-order valence-corrected chi connectivity index (χ3v) is 4.96. The molecule has 2 rings (SSSR count). The number of nitrogens with zero attached hydrogens (tertiary/aromatic N) is 1. The smallest absolute Gasteiger partial charge is 0.191 e. The number of sulfone groups is 1. The van der Waals surface area contributed by atoms with Gasteiger partial charge in [0.2, 0.25) is 0 Å². The van der Waals surface area contributed by atoms with Gasteiger partial charge in [0.05, 0.1) is 11.4 Å². The highest BCUT2D eigenvalue weighted by molar-refractivity contribution is 7.90. The molecule has 0 amide bonds. The summed E-state index contributed by atoms with van der Waals surface area (Å²) in [6.45, 7) is 1.10. The van der Waals surface area contributed by atoms with Gasteiger partial charge in [-0.05, 0) is 37.1 Å². The van der Waals surface area contributed by atoms with Crippen LogP contribution in [0.1, 0.15) is 25.7 Å². The van der Waals surface area contributed by atoms with Gasteiger partial charge in [0.1, 0.15) is 12.4 Å². The van der Waals surface area contributed by atoms with Gasteiger partial charge in [-0.1, -0.05) is 12.8 Å². The zero-order valence-electron chi connectivity index (χ0n) is 13.7. The molecule has 1 fully saturated rings. The first kappa shape index (κ1) is 17.6. The van der Waals surface area contributed by atoms with Gasteiger partial charge in [0.15, 0.2) is 15.8 Å². The summed E-state index contributed by atoms with van der Waals surface area (Å²) < 4.78 is 28.4. The molecule has 1 aliphatic rings. The highest BCUT2D eigenvalue weighted by Crippen LogP contribution is 2.17. The lowest BCUT2D eigenvalue weighted by Gasteiger charge is -2.17. The Labute approximate surface area is 138 Å². The lowest BCUT2D eigenvalue weighted by Crippen LogP contribution is -2.43. The molecule has 0 aromatic heterocycles. The van der Waals surface area contributed by atoms with Crippen molar-refractivity contribution >= 4 is 15.8 Å². The first-order chi connectivity index (χ1) is 11.0. The fourth-order valence-corrected chi connectivity index (χ4v) is 3.21. The minimum Gasteiger partial charge on any atom is -0.492 e. The van der Waals surface area contributed by atoms with Crippen LogP contribution in [-0.2, 0) is 9.84 Å². The van der Waals surface area contributed by atoms with Gasteiger partial charge in [-0.25, -0.2) is 8.42 Å². The van der Waals surface area contributed by atoms with E-state index in [-0.39, 0.29) is 0 Å². The van der Waals surface area contributed by atoms with Crippen LogP contribution in [0, 0.1) is 0 Å². The normalized spacial score (nSPS) is 16.3. The van der Waals surface area contributed by atoms with Crippen molar-refractivity contribution in [2.45, 2.75) is 36.6 Å². The van der Waals surface area contributed by atoms with E-state index < -0.39 is 9.84 Å². The number of benzene rings is 1. The van der Waals surface area contributed by atoms with Crippen molar-refractivity contribution in [1.29, 1.82) is 0 Å². The minimum absolute atomic E-state index is 0.296. The van der Waals surface area contributed by atoms with E-state index in [0.717, 1.165) is 5.96 Å². The highest BCUT2D eigenvalue weighted by atomic mass is 32.2. The van der Waals surface area contributed by atoms with Gasteiger partial charge in [0.25, 0.3) is 0 Å². The molecule has 0 atom stereocenters. The minimum atomic E-state index is -3.16. The number of hydrogen-bond donors (Lipinski definition) is 2. The van der Waals surface area contributed by atoms with Crippen molar-refractivity contribution in [3.05, 3.63) is 24.3 Å². The highest BCUT2D eigenvalue weighted by Gasteiger charge is 2.15. The predicted octanol–water partition coefficient (Wildman–Crippen LogP) is 1.58. The molecule has 0 heterocycles. The first-order valence-corrected chi connectivity index (χ1v) is 9.78. The maximum absolute atomic E-state index is 11.4. The monoisotopic (exact) mass is 339 g/mol. The Morgan fingerprint density at radius 3 is 2.48 bits per heavy atom. The van der Waals surface area contributed by atoms with Crippen LogP contribution in [0.4, 0.5) is 0 Å².